The molecule has 1 atom stereocenters. The third-order valence-electron chi connectivity index (χ3n) is 3.52. The third kappa shape index (κ3) is 5.78. The zero-order valence-electron chi connectivity index (χ0n) is 12.9. The van der Waals surface area contributed by atoms with Crippen LogP contribution in [0.3, 0.4) is 0 Å². The van der Waals surface area contributed by atoms with Gasteiger partial charge in [0.2, 0.25) is 0 Å². The van der Waals surface area contributed by atoms with Crippen LogP contribution in [0.5, 0.6) is 0 Å². The molecule has 0 aromatic heterocycles. The Morgan fingerprint density at radius 2 is 1.78 bits per heavy atom. The molecule has 0 spiro atoms. The first-order valence-electron chi connectivity index (χ1n) is 7.14. The predicted molar refractivity (Wildman–Crippen MR) is 110 cm³/mol. The second kappa shape index (κ2) is 9.24. The number of nitrogens with two attached hydrogens (primary N) is 1. The van der Waals surface area contributed by atoms with E-state index < -0.39 is 5.60 Å². The van der Waals surface area contributed by atoms with Crippen LogP contribution in [0.1, 0.15) is 18.9 Å². The van der Waals surface area contributed by atoms with Crippen LogP contribution in [0.2, 0.25) is 0 Å². The van der Waals surface area contributed by atoms with Gasteiger partial charge in [-0.25, -0.2) is 4.99 Å². The Kier molecular flexibility index (Phi) is 8.01. The first-order valence-corrected chi connectivity index (χ1v) is 7.93. The Morgan fingerprint density at radius 1 is 1.17 bits per heavy atom. The van der Waals surface area contributed by atoms with Crippen molar-refractivity contribution in [3.05, 3.63) is 64.6 Å². The lowest BCUT2D eigenvalue weighted by atomic mass is 9.91. The summed E-state index contributed by atoms with van der Waals surface area (Å²) in [5.41, 5.74) is 6.56. The number of nitrogens with one attached hydrogen (secondary N) is 1. The summed E-state index contributed by atoms with van der Waals surface area (Å²) < 4.78 is 0.975. The van der Waals surface area contributed by atoms with Gasteiger partial charge < -0.3 is 16.2 Å². The average Bonchev–Trinajstić information content (AvgIpc) is 2.54. The van der Waals surface area contributed by atoms with Crippen molar-refractivity contribution in [2.24, 2.45) is 10.7 Å². The number of benzene rings is 2. The number of aliphatic imine (C=N–C) groups is 1. The van der Waals surface area contributed by atoms with E-state index in [4.69, 9.17) is 5.73 Å². The average molecular weight is 490 g/mol. The molecule has 2 aromatic carbocycles. The van der Waals surface area contributed by atoms with E-state index in [0.29, 0.717) is 6.42 Å². The molecule has 6 heteroatoms. The summed E-state index contributed by atoms with van der Waals surface area (Å²) in [4.78, 5) is 4.28. The molecule has 0 aliphatic carbocycles. The molecule has 2 aromatic rings. The molecule has 1 unspecified atom stereocenters. The van der Waals surface area contributed by atoms with E-state index in [1.54, 1.807) is 0 Å². The highest BCUT2D eigenvalue weighted by molar-refractivity contribution is 14.0. The minimum atomic E-state index is -1.02. The predicted octanol–water partition coefficient (Wildman–Crippen LogP) is 4.09. The number of hydrogen-bond acceptors (Lipinski definition) is 2. The first-order chi connectivity index (χ1) is 10.5. The van der Waals surface area contributed by atoms with Crippen LogP contribution in [-0.4, -0.2) is 17.6 Å². The van der Waals surface area contributed by atoms with Crippen molar-refractivity contribution in [2.45, 2.75) is 18.9 Å². The molecule has 124 valence electrons. The Balaban J connectivity index is 0.00000264. The number of halogens is 2. The van der Waals surface area contributed by atoms with E-state index in [2.05, 4.69) is 26.2 Å². The Labute approximate surface area is 162 Å². The smallest absolute Gasteiger partial charge is 0.193 e. The number of rotatable bonds is 5. The number of aliphatic hydroxyl groups is 1. The topological polar surface area (TPSA) is 70.6 Å². The minimum absolute atomic E-state index is 0. The second-order valence-corrected chi connectivity index (χ2v) is 6.00. The molecule has 4 N–H and O–H groups in total. The van der Waals surface area contributed by atoms with Crippen molar-refractivity contribution >= 4 is 51.6 Å². The van der Waals surface area contributed by atoms with E-state index >= 15 is 0 Å². The fourth-order valence-electron chi connectivity index (χ4n) is 2.09. The molecular weight excluding hydrogens is 469 g/mol. The van der Waals surface area contributed by atoms with Crippen LogP contribution < -0.4 is 11.1 Å². The molecule has 2 rings (SSSR count). The highest BCUT2D eigenvalue weighted by Gasteiger charge is 2.26. The van der Waals surface area contributed by atoms with Crippen LogP contribution in [0.4, 0.5) is 5.69 Å². The van der Waals surface area contributed by atoms with Crippen LogP contribution in [-0.2, 0) is 5.60 Å². The fraction of sp³-hybridized carbons (Fsp3) is 0.235. The lowest BCUT2D eigenvalue weighted by Crippen LogP contribution is -2.31. The van der Waals surface area contributed by atoms with Gasteiger partial charge in [-0.3, -0.25) is 0 Å². The molecular formula is C17H21BrIN3O. The van der Waals surface area contributed by atoms with Gasteiger partial charge in [0.05, 0.1) is 6.54 Å². The molecule has 0 heterocycles. The van der Waals surface area contributed by atoms with E-state index in [1.807, 2.05) is 61.5 Å². The maximum absolute atomic E-state index is 10.8. The van der Waals surface area contributed by atoms with Crippen molar-refractivity contribution in [1.82, 2.24) is 0 Å². The van der Waals surface area contributed by atoms with Gasteiger partial charge >= 0.3 is 0 Å². The summed E-state index contributed by atoms with van der Waals surface area (Å²) in [7, 11) is 0. The van der Waals surface area contributed by atoms with Crippen molar-refractivity contribution in [3.63, 3.8) is 0 Å². The molecule has 0 saturated carbocycles. The van der Waals surface area contributed by atoms with Crippen LogP contribution >= 0.6 is 39.9 Å². The number of guanidine groups is 1. The summed E-state index contributed by atoms with van der Waals surface area (Å²) in [6.45, 7) is 2.13. The molecule has 0 bridgehead atoms. The monoisotopic (exact) mass is 489 g/mol. The molecule has 0 aliphatic rings. The molecule has 23 heavy (non-hydrogen) atoms. The Hall–Kier alpha value is -1.12. The number of nitrogens with zero attached hydrogens (tertiary/aromatic N) is 1. The molecule has 0 saturated heterocycles. The quantitative estimate of drug-likeness (QED) is 0.336. The Bertz CT molecular complexity index is 634. The van der Waals surface area contributed by atoms with Gasteiger partial charge in [0, 0.05) is 10.2 Å². The van der Waals surface area contributed by atoms with Crippen molar-refractivity contribution < 1.29 is 5.11 Å². The normalized spacial score (nSPS) is 13.8. The molecule has 0 aliphatic heterocycles. The highest BCUT2D eigenvalue weighted by atomic mass is 127. The number of anilines is 1. The lowest BCUT2D eigenvalue weighted by molar-refractivity contribution is 0.0424. The van der Waals surface area contributed by atoms with Crippen molar-refractivity contribution in [2.75, 3.05) is 11.9 Å². The Morgan fingerprint density at radius 3 is 2.35 bits per heavy atom. The SMILES string of the molecule is CCC(O)(CN=C(N)Nc1ccccc1)c1ccc(Br)cc1.I. The minimum Gasteiger partial charge on any atom is -0.383 e. The zero-order chi connectivity index (χ0) is 16.0. The molecule has 0 fully saturated rings. The van der Waals surface area contributed by atoms with Crippen LogP contribution in [0, 0.1) is 0 Å². The summed E-state index contributed by atoms with van der Waals surface area (Å²) >= 11 is 3.39. The standard InChI is InChI=1S/C17H20BrN3O.HI/c1-2-17(22,13-8-10-14(18)11-9-13)12-20-16(19)21-15-6-4-3-5-7-15;/h3-11,22H,2,12H2,1H3,(H3,19,20,21);1H. The maximum atomic E-state index is 10.8. The number of hydrogen-bond donors (Lipinski definition) is 3. The summed E-state index contributed by atoms with van der Waals surface area (Å²) in [6, 6.07) is 17.2. The van der Waals surface area contributed by atoms with Gasteiger partial charge in [-0.15, -0.1) is 24.0 Å². The van der Waals surface area contributed by atoms with Crippen LogP contribution in [0.25, 0.3) is 0 Å². The zero-order valence-corrected chi connectivity index (χ0v) is 16.8. The first kappa shape index (κ1) is 19.9. The summed E-state index contributed by atoms with van der Waals surface area (Å²) in [5.74, 6) is 0.287. The van der Waals surface area contributed by atoms with E-state index in [0.717, 1.165) is 15.7 Å². The molecule has 4 nitrogen and oxygen atoms in total. The van der Waals surface area contributed by atoms with E-state index in [-0.39, 0.29) is 36.5 Å². The highest BCUT2D eigenvalue weighted by Crippen LogP contribution is 2.26. The maximum Gasteiger partial charge on any atom is 0.193 e. The third-order valence-corrected chi connectivity index (χ3v) is 4.05. The summed E-state index contributed by atoms with van der Waals surface area (Å²) in [6.07, 6.45) is 0.552. The second-order valence-electron chi connectivity index (χ2n) is 5.08. The fourth-order valence-corrected chi connectivity index (χ4v) is 2.36. The van der Waals surface area contributed by atoms with Gasteiger partial charge in [0.25, 0.3) is 0 Å². The number of para-hydroxylation sites is 1. The molecule has 0 radical (unpaired) electrons. The van der Waals surface area contributed by atoms with Gasteiger partial charge in [-0.05, 0) is 36.2 Å². The molecule has 0 amide bonds. The van der Waals surface area contributed by atoms with Crippen molar-refractivity contribution in [1.29, 1.82) is 0 Å². The van der Waals surface area contributed by atoms with Gasteiger partial charge in [0.15, 0.2) is 5.96 Å². The van der Waals surface area contributed by atoms with Gasteiger partial charge in [-0.1, -0.05) is 53.2 Å². The largest absolute Gasteiger partial charge is 0.383 e. The lowest BCUT2D eigenvalue weighted by Gasteiger charge is -2.25. The van der Waals surface area contributed by atoms with E-state index in [1.165, 1.54) is 0 Å². The van der Waals surface area contributed by atoms with Gasteiger partial charge in [-0.2, -0.15) is 0 Å². The summed E-state index contributed by atoms with van der Waals surface area (Å²) in [5, 5.41) is 13.8. The van der Waals surface area contributed by atoms with Crippen molar-refractivity contribution in [3.8, 4) is 0 Å². The van der Waals surface area contributed by atoms with E-state index in [9.17, 15) is 5.11 Å². The van der Waals surface area contributed by atoms with Crippen LogP contribution in [0.15, 0.2) is 64.1 Å². The van der Waals surface area contributed by atoms with Gasteiger partial charge in [0.1, 0.15) is 5.60 Å².